The maximum atomic E-state index is 12.2. The Hall–Kier alpha value is -3.18. The molecule has 1 aliphatic rings. The third-order valence-electron chi connectivity index (χ3n) is 7.07. The highest BCUT2D eigenvalue weighted by atomic mass is 16.7. The van der Waals surface area contributed by atoms with Crippen molar-refractivity contribution in [2.24, 2.45) is 5.73 Å². The van der Waals surface area contributed by atoms with Crippen LogP contribution in [0.1, 0.15) is 32.1 Å². The minimum absolute atomic E-state index is 0.104. The number of terminal acetylenes is 1. The number of amides is 1. The molecule has 1 fully saturated rings. The molecule has 17 nitrogen and oxygen atoms in total. The van der Waals surface area contributed by atoms with Gasteiger partial charge in [0.1, 0.15) is 36.8 Å². The molecule has 0 saturated carbocycles. The van der Waals surface area contributed by atoms with Gasteiger partial charge in [0.05, 0.1) is 44.7 Å². The third kappa shape index (κ3) is 11.0. The summed E-state index contributed by atoms with van der Waals surface area (Å²) < 4.78 is 21.6. The summed E-state index contributed by atoms with van der Waals surface area (Å²) >= 11 is 0. The van der Waals surface area contributed by atoms with Gasteiger partial charge in [0, 0.05) is 26.1 Å². The van der Waals surface area contributed by atoms with Gasteiger partial charge in [-0.1, -0.05) is 18.8 Å². The number of aliphatic carboxylic acids is 1. The second kappa shape index (κ2) is 19.4. The van der Waals surface area contributed by atoms with Gasteiger partial charge in [-0.3, -0.25) is 14.4 Å². The second-order valence-corrected chi connectivity index (χ2v) is 10.4. The lowest BCUT2D eigenvalue weighted by molar-refractivity contribution is -0.310. The molecule has 0 bridgehead atoms. The molecule has 1 aliphatic heterocycles. The van der Waals surface area contributed by atoms with E-state index in [0.29, 0.717) is 58.6 Å². The zero-order valence-electron chi connectivity index (χ0n) is 24.9. The first-order valence-electron chi connectivity index (χ1n) is 14.6. The predicted molar refractivity (Wildman–Crippen MR) is 159 cm³/mol. The first-order valence-corrected chi connectivity index (χ1v) is 14.6. The minimum Gasteiger partial charge on any atom is -0.477 e. The standard InChI is InChI=1S/C28H44N4O13/c1-2-9-42-12-13-43-11-8-31-22-21(24(38)25(22)39)30-7-5-3-4-6-10-44-28(27(40)41)14-17(34)20(32-19(36)16-33)26(45-28)23(37)18(35)15-29/h1,17-18,20,23,26,30-31,33-35,37H,3-16,29H2,(H,32,36)(H,40,41)/t17-,18+,20+,23+,26+,28+/m0/s1. The van der Waals surface area contributed by atoms with Crippen molar-refractivity contribution < 1.29 is 54.1 Å². The van der Waals surface area contributed by atoms with Crippen LogP contribution in [0.2, 0.25) is 0 Å². The molecule has 17 heteroatoms. The average Bonchev–Trinajstić information content (AvgIpc) is 3.03. The van der Waals surface area contributed by atoms with Crippen LogP contribution in [-0.2, 0) is 28.5 Å². The summed E-state index contributed by atoms with van der Waals surface area (Å²) in [5, 5.41) is 58.3. The van der Waals surface area contributed by atoms with E-state index in [0.717, 1.165) is 0 Å². The molecular weight excluding hydrogens is 600 g/mol. The largest absolute Gasteiger partial charge is 0.477 e. The number of ether oxygens (including phenoxy) is 4. The maximum Gasteiger partial charge on any atom is 0.364 e. The summed E-state index contributed by atoms with van der Waals surface area (Å²) in [6.07, 6.45) is 0.129. The van der Waals surface area contributed by atoms with Crippen LogP contribution in [0.5, 0.6) is 0 Å². The topological polar surface area (TPSA) is 268 Å². The normalized spacial score (nSPS) is 22.8. The van der Waals surface area contributed by atoms with Crippen molar-refractivity contribution in [2.75, 3.05) is 69.9 Å². The molecule has 45 heavy (non-hydrogen) atoms. The lowest BCUT2D eigenvalue weighted by atomic mass is 9.88. The molecule has 1 amide bonds. The fraction of sp³-hybridized carbons (Fsp3) is 0.714. The summed E-state index contributed by atoms with van der Waals surface area (Å²) in [4.78, 5) is 47.8. The summed E-state index contributed by atoms with van der Waals surface area (Å²) in [7, 11) is 0. The lowest BCUT2D eigenvalue weighted by Gasteiger charge is -2.46. The van der Waals surface area contributed by atoms with Gasteiger partial charge < -0.3 is 66.2 Å². The number of carboxylic acids is 1. The van der Waals surface area contributed by atoms with Crippen LogP contribution in [0.4, 0.5) is 11.4 Å². The molecule has 1 saturated heterocycles. The van der Waals surface area contributed by atoms with Crippen molar-refractivity contribution in [3.8, 4) is 12.3 Å². The average molecular weight is 645 g/mol. The van der Waals surface area contributed by atoms with E-state index < -0.39 is 78.6 Å². The summed E-state index contributed by atoms with van der Waals surface area (Å²) in [5.41, 5.74) is 4.60. The van der Waals surface area contributed by atoms with Crippen molar-refractivity contribution in [3.05, 3.63) is 20.4 Å². The minimum atomic E-state index is -2.39. The molecule has 0 unspecified atom stereocenters. The van der Waals surface area contributed by atoms with Crippen LogP contribution in [0, 0.1) is 12.3 Å². The first kappa shape index (κ1) is 38.0. The van der Waals surface area contributed by atoms with Crippen LogP contribution in [0.3, 0.4) is 0 Å². The van der Waals surface area contributed by atoms with Crippen molar-refractivity contribution in [3.63, 3.8) is 0 Å². The maximum absolute atomic E-state index is 12.2. The summed E-state index contributed by atoms with van der Waals surface area (Å²) in [5.74, 6) is -2.56. The number of carbonyl (C=O) groups excluding carboxylic acids is 1. The van der Waals surface area contributed by atoms with Gasteiger partial charge >= 0.3 is 5.97 Å². The molecule has 10 N–H and O–H groups in total. The Labute approximate surface area is 259 Å². The van der Waals surface area contributed by atoms with Gasteiger partial charge in [0.15, 0.2) is 0 Å². The van der Waals surface area contributed by atoms with Crippen LogP contribution >= 0.6 is 0 Å². The Morgan fingerprint density at radius 2 is 1.67 bits per heavy atom. The smallest absolute Gasteiger partial charge is 0.364 e. The highest BCUT2D eigenvalue weighted by Crippen LogP contribution is 2.33. The molecular formula is C28H44N4O13. The Bertz CT molecular complexity index is 1180. The van der Waals surface area contributed by atoms with Gasteiger partial charge in [-0.15, -0.1) is 6.42 Å². The van der Waals surface area contributed by atoms with Crippen LogP contribution in [-0.4, -0.2) is 133 Å². The van der Waals surface area contributed by atoms with Crippen LogP contribution in [0.25, 0.3) is 0 Å². The van der Waals surface area contributed by atoms with Crippen molar-refractivity contribution in [2.45, 2.75) is 68.3 Å². The van der Waals surface area contributed by atoms with E-state index in [1.165, 1.54) is 0 Å². The number of hydrogen-bond donors (Lipinski definition) is 9. The van der Waals surface area contributed by atoms with Crippen molar-refractivity contribution in [1.82, 2.24) is 5.32 Å². The van der Waals surface area contributed by atoms with Gasteiger partial charge in [-0.25, -0.2) is 4.79 Å². The van der Waals surface area contributed by atoms with E-state index in [1.807, 2.05) is 0 Å². The molecule has 0 aromatic heterocycles. The molecule has 6 atom stereocenters. The number of aliphatic hydroxyl groups is 4. The van der Waals surface area contributed by atoms with Gasteiger partial charge in [-0.05, 0) is 12.8 Å². The Balaban J connectivity index is 1.78. The summed E-state index contributed by atoms with van der Waals surface area (Å²) in [6, 6.07) is -1.37. The van der Waals surface area contributed by atoms with E-state index in [4.69, 9.17) is 36.2 Å². The number of aliphatic hydroxyl groups excluding tert-OH is 4. The number of hydrogen-bond acceptors (Lipinski definition) is 15. The molecule has 1 aromatic carbocycles. The lowest BCUT2D eigenvalue weighted by Crippen LogP contribution is -2.68. The quantitative estimate of drug-likeness (QED) is 0.0317. The first-order chi connectivity index (χ1) is 21.5. The Kier molecular flexibility index (Phi) is 16.4. The predicted octanol–water partition coefficient (Wildman–Crippen LogP) is -3.56. The van der Waals surface area contributed by atoms with E-state index in [1.54, 1.807) is 0 Å². The fourth-order valence-electron chi connectivity index (χ4n) is 4.66. The van der Waals surface area contributed by atoms with E-state index >= 15 is 0 Å². The van der Waals surface area contributed by atoms with Crippen molar-refractivity contribution >= 4 is 23.3 Å². The zero-order valence-corrected chi connectivity index (χ0v) is 24.9. The van der Waals surface area contributed by atoms with Crippen LogP contribution in [0.15, 0.2) is 9.59 Å². The number of anilines is 2. The van der Waals surface area contributed by atoms with E-state index in [9.17, 15) is 39.6 Å². The zero-order chi connectivity index (χ0) is 33.4. The molecule has 1 heterocycles. The summed E-state index contributed by atoms with van der Waals surface area (Å²) in [6.45, 7) is 0.437. The van der Waals surface area contributed by atoms with E-state index in [2.05, 4.69) is 21.9 Å². The van der Waals surface area contributed by atoms with Gasteiger partial charge in [0.25, 0.3) is 16.6 Å². The number of carboxylic acid groups (broad SMARTS) is 1. The number of nitrogens with one attached hydrogen (secondary N) is 3. The van der Waals surface area contributed by atoms with Crippen LogP contribution < -0.4 is 32.5 Å². The third-order valence-corrected chi connectivity index (χ3v) is 7.07. The molecule has 0 radical (unpaired) electrons. The molecule has 2 rings (SSSR count). The number of rotatable bonds is 23. The second-order valence-electron chi connectivity index (χ2n) is 10.4. The van der Waals surface area contributed by atoms with E-state index in [-0.39, 0.29) is 24.6 Å². The molecule has 254 valence electrons. The van der Waals surface area contributed by atoms with Crippen molar-refractivity contribution in [1.29, 1.82) is 0 Å². The fourth-order valence-corrected chi connectivity index (χ4v) is 4.66. The SMILES string of the molecule is C#CCOCCOCCNc1c(NCCCCCCO[C@]2(C(=O)O)C[C@H](O)[C@@H](NC(=O)CO)[C@H]([C@H](O)[C@H](O)CN)O2)c(=O)c1=O. The molecule has 0 spiro atoms. The number of nitrogens with two attached hydrogens (primary N) is 1. The molecule has 0 aliphatic carbocycles. The van der Waals surface area contributed by atoms with Gasteiger partial charge in [-0.2, -0.15) is 0 Å². The van der Waals surface area contributed by atoms with Gasteiger partial charge in [0.2, 0.25) is 5.91 Å². The molecule has 1 aromatic rings. The highest BCUT2D eigenvalue weighted by Gasteiger charge is 2.55. The Morgan fingerprint density at radius 1 is 1.02 bits per heavy atom. The highest BCUT2D eigenvalue weighted by molar-refractivity contribution is 5.78. The number of unbranched alkanes of at least 4 members (excludes halogenated alkanes) is 3. The monoisotopic (exact) mass is 644 g/mol. The number of carbonyl (C=O) groups is 2. The Morgan fingerprint density at radius 3 is 2.29 bits per heavy atom.